The summed E-state index contributed by atoms with van der Waals surface area (Å²) in [5.41, 5.74) is 3.33. The first-order chi connectivity index (χ1) is 19.0. The third-order valence-corrected chi connectivity index (χ3v) is 6.24. The molecule has 0 heterocycles. The topological polar surface area (TPSA) is 87.7 Å². The van der Waals surface area contributed by atoms with Crippen molar-refractivity contribution >= 4 is 23.6 Å². The second-order valence-electron chi connectivity index (χ2n) is 10.8. The van der Waals surface area contributed by atoms with Crippen LogP contribution in [0.1, 0.15) is 49.1 Å². The van der Waals surface area contributed by atoms with E-state index < -0.39 is 29.7 Å². The molecule has 2 N–H and O–H groups in total. The van der Waals surface area contributed by atoms with E-state index in [2.05, 4.69) is 17.2 Å². The molecule has 7 heteroatoms. The molecule has 0 aliphatic carbocycles. The van der Waals surface area contributed by atoms with Gasteiger partial charge in [-0.2, -0.15) is 0 Å². The number of carbonyl (C=O) groups excluding carboxylic acids is 3. The fraction of sp³-hybridized carbons (Fsp3) is 0.303. The molecule has 40 heavy (non-hydrogen) atoms. The first kappa shape index (κ1) is 30.2. The molecule has 0 fully saturated rings. The van der Waals surface area contributed by atoms with E-state index in [9.17, 15) is 14.4 Å². The second-order valence-corrected chi connectivity index (χ2v) is 10.8. The summed E-state index contributed by atoms with van der Waals surface area (Å²) in [5.74, 6) is -0.802. The molecule has 2 unspecified atom stereocenters. The van der Waals surface area contributed by atoms with Crippen molar-refractivity contribution in [2.24, 2.45) is 0 Å². The van der Waals surface area contributed by atoms with Crippen LogP contribution in [0.3, 0.4) is 0 Å². The molecule has 2 atom stereocenters. The van der Waals surface area contributed by atoms with Crippen LogP contribution in [-0.2, 0) is 20.7 Å². The van der Waals surface area contributed by atoms with Crippen molar-refractivity contribution in [3.05, 3.63) is 114 Å². The molecule has 7 nitrogen and oxygen atoms in total. The number of ether oxygens (including phenoxy) is 1. The predicted molar refractivity (Wildman–Crippen MR) is 159 cm³/mol. The van der Waals surface area contributed by atoms with Crippen LogP contribution < -0.4 is 10.6 Å². The van der Waals surface area contributed by atoms with E-state index >= 15 is 0 Å². The van der Waals surface area contributed by atoms with E-state index in [1.807, 2.05) is 92.7 Å². The van der Waals surface area contributed by atoms with Gasteiger partial charge in [-0.15, -0.1) is 6.58 Å². The smallest absolute Gasteiger partial charge is 0.408 e. The molecule has 210 valence electrons. The van der Waals surface area contributed by atoms with E-state index in [4.69, 9.17) is 4.74 Å². The first-order valence-electron chi connectivity index (χ1n) is 13.4. The number of alkyl carbamates (subject to hydrolysis) is 1. The Morgan fingerprint density at radius 2 is 1.55 bits per heavy atom. The minimum absolute atomic E-state index is 0.0832. The van der Waals surface area contributed by atoms with Crippen LogP contribution in [0.5, 0.6) is 0 Å². The van der Waals surface area contributed by atoms with Gasteiger partial charge in [-0.1, -0.05) is 84.4 Å². The standard InChI is InChI=1S/C33H39N3O4/c1-7-21-36(31(38)28(22-25-14-9-8-10-15-25)35-32(39)40-33(4,5)6)29(26-19-17-23(2)18-20-26)30(37)34-27-16-12-11-13-24(27)3/h7-20,28-29H,1,21-22H2,2-6H3,(H,34,37)(H,35,39). The molecule has 0 bridgehead atoms. The van der Waals surface area contributed by atoms with E-state index in [0.29, 0.717) is 11.3 Å². The Hall–Kier alpha value is -4.39. The summed E-state index contributed by atoms with van der Waals surface area (Å²) < 4.78 is 5.47. The van der Waals surface area contributed by atoms with Crippen molar-refractivity contribution in [1.82, 2.24) is 10.2 Å². The maximum absolute atomic E-state index is 14.3. The average molecular weight is 542 g/mol. The maximum atomic E-state index is 14.3. The van der Waals surface area contributed by atoms with Crippen LogP contribution in [0.2, 0.25) is 0 Å². The zero-order valence-corrected chi connectivity index (χ0v) is 23.9. The summed E-state index contributed by atoms with van der Waals surface area (Å²) >= 11 is 0. The van der Waals surface area contributed by atoms with Crippen molar-refractivity contribution in [3.8, 4) is 0 Å². The van der Waals surface area contributed by atoms with Crippen molar-refractivity contribution < 1.29 is 19.1 Å². The van der Waals surface area contributed by atoms with Gasteiger partial charge in [0, 0.05) is 18.7 Å². The third-order valence-electron chi connectivity index (χ3n) is 6.24. The van der Waals surface area contributed by atoms with Gasteiger partial charge in [0.25, 0.3) is 5.91 Å². The van der Waals surface area contributed by atoms with Crippen LogP contribution in [0, 0.1) is 13.8 Å². The van der Waals surface area contributed by atoms with Gasteiger partial charge in [0.15, 0.2) is 0 Å². The molecule has 0 spiro atoms. The van der Waals surface area contributed by atoms with E-state index in [0.717, 1.165) is 16.7 Å². The highest BCUT2D eigenvalue weighted by Crippen LogP contribution is 2.26. The summed E-state index contributed by atoms with van der Waals surface area (Å²) in [6, 6.07) is 22.4. The number of anilines is 1. The van der Waals surface area contributed by atoms with Crippen molar-refractivity contribution in [3.63, 3.8) is 0 Å². The lowest BCUT2D eigenvalue weighted by Gasteiger charge is -2.34. The largest absolute Gasteiger partial charge is 0.444 e. The van der Waals surface area contributed by atoms with E-state index in [1.165, 1.54) is 4.90 Å². The molecule has 0 saturated heterocycles. The molecule has 0 aliphatic heterocycles. The average Bonchev–Trinajstić information content (AvgIpc) is 2.89. The minimum Gasteiger partial charge on any atom is -0.444 e. The summed E-state index contributed by atoms with van der Waals surface area (Å²) in [5, 5.41) is 5.75. The molecule has 0 aromatic heterocycles. The van der Waals surface area contributed by atoms with Crippen molar-refractivity contribution in [2.45, 2.75) is 58.7 Å². The molecular weight excluding hydrogens is 502 g/mol. The zero-order chi connectivity index (χ0) is 29.3. The molecule has 3 aromatic carbocycles. The Balaban J connectivity index is 2.03. The minimum atomic E-state index is -0.989. The fourth-order valence-electron chi connectivity index (χ4n) is 4.30. The number of benzene rings is 3. The number of para-hydroxylation sites is 1. The number of nitrogens with zero attached hydrogens (tertiary/aromatic N) is 1. The van der Waals surface area contributed by atoms with Gasteiger partial charge >= 0.3 is 6.09 Å². The van der Waals surface area contributed by atoms with E-state index in [-0.39, 0.29) is 18.9 Å². The number of carbonyl (C=O) groups is 3. The van der Waals surface area contributed by atoms with Crippen LogP contribution >= 0.6 is 0 Å². The van der Waals surface area contributed by atoms with Crippen LogP contribution in [0.25, 0.3) is 0 Å². The zero-order valence-electron chi connectivity index (χ0n) is 23.9. The Bertz CT molecular complexity index is 1310. The number of hydrogen-bond acceptors (Lipinski definition) is 4. The third kappa shape index (κ3) is 8.56. The number of amides is 3. The normalized spacial score (nSPS) is 12.5. The van der Waals surface area contributed by atoms with E-state index in [1.54, 1.807) is 26.8 Å². The first-order valence-corrected chi connectivity index (χ1v) is 13.4. The highest BCUT2D eigenvalue weighted by atomic mass is 16.6. The van der Waals surface area contributed by atoms with Crippen LogP contribution in [0.15, 0.2) is 91.5 Å². The van der Waals surface area contributed by atoms with Crippen LogP contribution in [0.4, 0.5) is 10.5 Å². The van der Waals surface area contributed by atoms with Crippen LogP contribution in [-0.4, -0.2) is 41.0 Å². The lowest BCUT2D eigenvalue weighted by Crippen LogP contribution is -2.53. The highest BCUT2D eigenvalue weighted by Gasteiger charge is 2.36. The molecule has 0 saturated carbocycles. The Kier molecular flexibility index (Phi) is 10.3. The summed E-state index contributed by atoms with van der Waals surface area (Å²) in [6.45, 7) is 13.1. The molecule has 3 amide bonds. The van der Waals surface area contributed by atoms with Gasteiger partial charge in [0.2, 0.25) is 5.91 Å². The SMILES string of the molecule is C=CCN(C(=O)C(Cc1ccccc1)NC(=O)OC(C)(C)C)C(C(=O)Nc1ccccc1C)c1ccc(C)cc1. The van der Waals surface area contributed by atoms with Crippen molar-refractivity contribution in [2.75, 3.05) is 11.9 Å². The van der Waals surface area contributed by atoms with Gasteiger partial charge in [-0.3, -0.25) is 9.59 Å². The van der Waals surface area contributed by atoms with Gasteiger partial charge in [0.1, 0.15) is 17.7 Å². The molecule has 0 aliphatic rings. The monoisotopic (exact) mass is 541 g/mol. The van der Waals surface area contributed by atoms with Gasteiger partial charge < -0.3 is 20.3 Å². The highest BCUT2D eigenvalue weighted by molar-refractivity contribution is 5.99. The van der Waals surface area contributed by atoms with Gasteiger partial charge in [-0.25, -0.2) is 4.79 Å². The number of hydrogen-bond donors (Lipinski definition) is 2. The Morgan fingerprint density at radius 3 is 2.15 bits per heavy atom. The molecule has 3 aromatic rings. The quantitative estimate of drug-likeness (QED) is 0.302. The fourth-order valence-corrected chi connectivity index (χ4v) is 4.30. The number of nitrogens with one attached hydrogen (secondary N) is 2. The second kappa shape index (κ2) is 13.6. The predicted octanol–water partition coefficient (Wildman–Crippen LogP) is 6.13. The summed E-state index contributed by atoms with van der Waals surface area (Å²) in [7, 11) is 0. The lowest BCUT2D eigenvalue weighted by molar-refractivity contribution is -0.140. The molecule has 3 rings (SSSR count). The number of rotatable bonds is 10. The maximum Gasteiger partial charge on any atom is 0.408 e. The summed E-state index contributed by atoms with van der Waals surface area (Å²) in [6.07, 6.45) is 1.08. The lowest BCUT2D eigenvalue weighted by atomic mass is 9.99. The summed E-state index contributed by atoms with van der Waals surface area (Å²) in [4.78, 5) is 42.5. The van der Waals surface area contributed by atoms with Gasteiger partial charge in [0.05, 0.1) is 0 Å². The number of aryl methyl sites for hydroxylation is 2. The van der Waals surface area contributed by atoms with Gasteiger partial charge in [-0.05, 0) is 57.4 Å². The molecular formula is C33H39N3O4. The van der Waals surface area contributed by atoms with Crippen molar-refractivity contribution in [1.29, 1.82) is 0 Å². The Labute approximate surface area is 237 Å². The molecule has 0 radical (unpaired) electrons. The Morgan fingerprint density at radius 1 is 0.925 bits per heavy atom.